The summed E-state index contributed by atoms with van der Waals surface area (Å²) in [6.07, 6.45) is 0.701. The molecule has 0 radical (unpaired) electrons. The standard InChI is InChI=1S/C13H16N2O2/c1-3-9-6-11(8(2)15-13(9)16)12-5-4-10(7-14)17-12/h4-6H,3,7,14H2,1-2H3,(H,15,16). The van der Waals surface area contributed by atoms with Crippen LogP contribution in [0.3, 0.4) is 0 Å². The number of pyridine rings is 1. The van der Waals surface area contributed by atoms with Gasteiger partial charge in [-0.15, -0.1) is 0 Å². The van der Waals surface area contributed by atoms with Crippen LogP contribution in [0.25, 0.3) is 11.3 Å². The molecule has 0 spiro atoms. The quantitative estimate of drug-likeness (QED) is 0.849. The van der Waals surface area contributed by atoms with Crippen molar-refractivity contribution in [1.82, 2.24) is 4.98 Å². The zero-order chi connectivity index (χ0) is 12.4. The van der Waals surface area contributed by atoms with Crippen molar-refractivity contribution in [3.05, 3.63) is 45.6 Å². The van der Waals surface area contributed by atoms with Crippen molar-refractivity contribution in [2.75, 3.05) is 0 Å². The first-order valence-corrected chi connectivity index (χ1v) is 5.67. The molecule has 0 bridgehead atoms. The van der Waals surface area contributed by atoms with Gasteiger partial charge in [0.25, 0.3) is 5.56 Å². The molecule has 0 fully saturated rings. The SMILES string of the molecule is CCc1cc(-c2ccc(CN)o2)c(C)[nH]c1=O. The van der Waals surface area contributed by atoms with Gasteiger partial charge in [0.15, 0.2) is 0 Å². The first kappa shape index (κ1) is 11.7. The first-order chi connectivity index (χ1) is 8.15. The summed E-state index contributed by atoms with van der Waals surface area (Å²) in [7, 11) is 0. The van der Waals surface area contributed by atoms with Gasteiger partial charge in [0.2, 0.25) is 0 Å². The van der Waals surface area contributed by atoms with E-state index in [0.717, 1.165) is 28.3 Å². The second-order valence-corrected chi connectivity index (χ2v) is 3.99. The number of aryl methyl sites for hydroxylation is 2. The minimum Gasteiger partial charge on any atom is -0.460 e. The van der Waals surface area contributed by atoms with Gasteiger partial charge in [-0.3, -0.25) is 4.79 Å². The summed E-state index contributed by atoms with van der Waals surface area (Å²) in [6.45, 7) is 4.20. The van der Waals surface area contributed by atoms with E-state index in [1.54, 1.807) is 0 Å². The second kappa shape index (κ2) is 4.59. The van der Waals surface area contributed by atoms with Crippen molar-refractivity contribution < 1.29 is 4.42 Å². The van der Waals surface area contributed by atoms with E-state index in [4.69, 9.17) is 10.2 Å². The smallest absolute Gasteiger partial charge is 0.251 e. The van der Waals surface area contributed by atoms with Crippen LogP contribution in [0.4, 0.5) is 0 Å². The molecule has 0 aliphatic heterocycles. The number of furan rings is 1. The maximum atomic E-state index is 11.6. The number of nitrogens with two attached hydrogens (primary N) is 1. The van der Waals surface area contributed by atoms with Gasteiger partial charge in [-0.1, -0.05) is 6.92 Å². The van der Waals surface area contributed by atoms with Gasteiger partial charge >= 0.3 is 0 Å². The number of aromatic nitrogens is 1. The fourth-order valence-corrected chi connectivity index (χ4v) is 1.82. The van der Waals surface area contributed by atoms with Gasteiger partial charge < -0.3 is 15.1 Å². The average Bonchev–Trinajstić information content (AvgIpc) is 2.78. The molecule has 0 saturated heterocycles. The summed E-state index contributed by atoms with van der Waals surface area (Å²) in [5.74, 6) is 1.48. The van der Waals surface area contributed by atoms with Crippen LogP contribution in [-0.2, 0) is 13.0 Å². The summed E-state index contributed by atoms with van der Waals surface area (Å²) in [4.78, 5) is 14.4. The number of aromatic amines is 1. The van der Waals surface area contributed by atoms with Crippen molar-refractivity contribution in [3.63, 3.8) is 0 Å². The van der Waals surface area contributed by atoms with E-state index in [1.165, 1.54) is 0 Å². The molecular formula is C13H16N2O2. The third-order valence-corrected chi connectivity index (χ3v) is 2.82. The van der Waals surface area contributed by atoms with Crippen molar-refractivity contribution in [2.24, 2.45) is 5.73 Å². The Balaban J connectivity index is 2.54. The van der Waals surface area contributed by atoms with E-state index >= 15 is 0 Å². The molecule has 17 heavy (non-hydrogen) atoms. The molecule has 0 unspecified atom stereocenters. The Kier molecular flexibility index (Phi) is 3.15. The Morgan fingerprint density at radius 3 is 2.76 bits per heavy atom. The molecule has 2 aromatic rings. The molecule has 0 amide bonds. The average molecular weight is 232 g/mol. The highest BCUT2D eigenvalue weighted by atomic mass is 16.3. The molecule has 0 aliphatic carbocycles. The summed E-state index contributed by atoms with van der Waals surface area (Å²) in [5.41, 5.74) is 7.97. The number of nitrogens with one attached hydrogen (secondary N) is 1. The van der Waals surface area contributed by atoms with Crippen LogP contribution >= 0.6 is 0 Å². The van der Waals surface area contributed by atoms with Gasteiger partial charge in [-0.2, -0.15) is 0 Å². The van der Waals surface area contributed by atoms with Crippen LogP contribution in [0.2, 0.25) is 0 Å². The van der Waals surface area contributed by atoms with Crippen LogP contribution in [0.1, 0.15) is 23.9 Å². The number of rotatable bonds is 3. The highest BCUT2D eigenvalue weighted by Crippen LogP contribution is 2.24. The predicted molar refractivity (Wildman–Crippen MR) is 66.8 cm³/mol. The van der Waals surface area contributed by atoms with E-state index in [9.17, 15) is 4.79 Å². The van der Waals surface area contributed by atoms with Crippen molar-refractivity contribution in [1.29, 1.82) is 0 Å². The van der Waals surface area contributed by atoms with Crippen LogP contribution in [0, 0.1) is 6.92 Å². The zero-order valence-electron chi connectivity index (χ0n) is 10.0. The number of hydrogen-bond acceptors (Lipinski definition) is 3. The lowest BCUT2D eigenvalue weighted by atomic mass is 10.1. The molecule has 4 heteroatoms. The summed E-state index contributed by atoms with van der Waals surface area (Å²) >= 11 is 0. The monoisotopic (exact) mass is 232 g/mol. The highest BCUT2D eigenvalue weighted by molar-refractivity contribution is 5.61. The van der Waals surface area contributed by atoms with Crippen LogP contribution in [0.15, 0.2) is 27.4 Å². The fraction of sp³-hybridized carbons (Fsp3) is 0.308. The molecule has 3 N–H and O–H groups in total. The third-order valence-electron chi connectivity index (χ3n) is 2.82. The van der Waals surface area contributed by atoms with Gasteiger partial charge in [0, 0.05) is 16.8 Å². The number of hydrogen-bond donors (Lipinski definition) is 2. The first-order valence-electron chi connectivity index (χ1n) is 5.67. The topological polar surface area (TPSA) is 72.0 Å². The Hall–Kier alpha value is -1.81. The van der Waals surface area contributed by atoms with Gasteiger partial charge in [0.1, 0.15) is 11.5 Å². The van der Waals surface area contributed by atoms with Crippen molar-refractivity contribution in [3.8, 4) is 11.3 Å². The Labute approximate surface area is 99.5 Å². The molecule has 0 aliphatic rings. The Morgan fingerprint density at radius 1 is 1.41 bits per heavy atom. The van der Waals surface area contributed by atoms with Crippen LogP contribution in [0.5, 0.6) is 0 Å². The summed E-state index contributed by atoms with van der Waals surface area (Å²) in [5, 5.41) is 0. The molecule has 4 nitrogen and oxygen atoms in total. The molecule has 0 atom stereocenters. The maximum absolute atomic E-state index is 11.6. The van der Waals surface area contributed by atoms with Gasteiger partial charge in [0.05, 0.1) is 6.54 Å². The number of H-pyrrole nitrogens is 1. The van der Waals surface area contributed by atoms with E-state index in [1.807, 2.05) is 32.0 Å². The molecule has 90 valence electrons. The summed E-state index contributed by atoms with van der Waals surface area (Å²) in [6, 6.07) is 5.61. The van der Waals surface area contributed by atoms with E-state index in [-0.39, 0.29) is 5.56 Å². The Bertz CT molecular complexity index is 581. The van der Waals surface area contributed by atoms with E-state index < -0.39 is 0 Å². The molecule has 2 heterocycles. The predicted octanol–water partition coefficient (Wildman–Crippen LogP) is 1.96. The largest absolute Gasteiger partial charge is 0.460 e. The molecule has 2 aromatic heterocycles. The lowest BCUT2D eigenvalue weighted by molar-refractivity contribution is 0.524. The molecule has 0 saturated carbocycles. The van der Waals surface area contributed by atoms with Gasteiger partial charge in [-0.05, 0) is 31.5 Å². The van der Waals surface area contributed by atoms with Crippen molar-refractivity contribution in [2.45, 2.75) is 26.8 Å². The van der Waals surface area contributed by atoms with Crippen LogP contribution in [-0.4, -0.2) is 4.98 Å². The normalized spacial score (nSPS) is 10.8. The Morgan fingerprint density at radius 2 is 2.18 bits per heavy atom. The second-order valence-electron chi connectivity index (χ2n) is 3.99. The molecular weight excluding hydrogens is 216 g/mol. The van der Waals surface area contributed by atoms with Crippen molar-refractivity contribution >= 4 is 0 Å². The maximum Gasteiger partial charge on any atom is 0.251 e. The van der Waals surface area contributed by atoms with Gasteiger partial charge in [-0.25, -0.2) is 0 Å². The zero-order valence-corrected chi connectivity index (χ0v) is 10.0. The fourth-order valence-electron chi connectivity index (χ4n) is 1.82. The summed E-state index contributed by atoms with van der Waals surface area (Å²) < 4.78 is 5.59. The minimum atomic E-state index is -0.0284. The minimum absolute atomic E-state index is 0.0284. The molecule has 2 rings (SSSR count). The van der Waals surface area contributed by atoms with Crippen LogP contribution < -0.4 is 11.3 Å². The highest BCUT2D eigenvalue weighted by Gasteiger charge is 2.10. The lowest BCUT2D eigenvalue weighted by Gasteiger charge is -2.05. The third kappa shape index (κ3) is 2.17. The van der Waals surface area contributed by atoms with E-state index in [2.05, 4.69) is 4.98 Å². The van der Waals surface area contributed by atoms with E-state index in [0.29, 0.717) is 13.0 Å². The molecule has 0 aromatic carbocycles. The lowest BCUT2D eigenvalue weighted by Crippen LogP contribution is -2.13.